The van der Waals surface area contributed by atoms with Crippen LogP contribution in [-0.4, -0.2) is 42.6 Å². The first-order valence-corrected chi connectivity index (χ1v) is 9.51. The SMILES string of the molecule is O=C(NCc1ccccc1)[C@H]1C[C@H]2CN(CCc3ccccc3)C[C@H]1O2. The average Bonchev–Trinajstić information content (AvgIpc) is 3.00. The molecule has 4 rings (SSSR count). The van der Waals surface area contributed by atoms with E-state index in [4.69, 9.17) is 4.74 Å². The summed E-state index contributed by atoms with van der Waals surface area (Å²) in [4.78, 5) is 15.1. The van der Waals surface area contributed by atoms with Crippen LogP contribution in [0.25, 0.3) is 0 Å². The minimum absolute atomic E-state index is 0.0227. The smallest absolute Gasteiger partial charge is 0.226 e. The normalized spacial score (nSPS) is 25.2. The van der Waals surface area contributed by atoms with Gasteiger partial charge < -0.3 is 10.1 Å². The van der Waals surface area contributed by atoms with E-state index in [0.29, 0.717) is 6.54 Å². The summed E-state index contributed by atoms with van der Waals surface area (Å²) in [6, 6.07) is 20.6. The second kappa shape index (κ2) is 8.02. The Kier molecular flexibility index (Phi) is 5.32. The zero-order chi connectivity index (χ0) is 17.8. The second-order valence-electron chi connectivity index (χ2n) is 7.34. The van der Waals surface area contributed by atoms with Crippen molar-refractivity contribution in [3.63, 3.8) is 0 Å². The van der Waals surface area contributed by atoms with Crippen LogP contribution in [0.1, 0.15) is 17.5 Å². The van der Waals surface area contributed by atoms with E-state index >= 15 is 0 Å². The second-order valence-corrected chi connectivity index (χ2v) is 7.34. The Hall–Kier alpha value is -2.17. The molecule has 0 aromatic heterocycles. The molecule has 0 saturated carbocycles. The highest BCUT2D eigenvalue weighted by molar-refractivity contribution is 5.79. The Labute approximate surface area is 155 Å². The van der Waals surface area contributed by atoms with Gasteiger partial charge in [0, 0.05) is 26.2 Å². The van der Waals surface area contributed by atoms with Gasteiger partial charge in [-0.05, 0) is 24.0 Å². The van der Waals surface area contributed by atoms with Crippen molar-refractivity contribution in [3.05, 3.63) is 71.8 Å². The Morgan fingerprint density at radius 2 is 1.69 bits per heavy atom. The maximum atomic E-state index is 12.6. The molecule has 136 valence electrons. The highest BCUT2D eigenvalue weighted by Gasteiger charge is 2.44. The minimum Gasteiger partial charge on any atom is -0.371 e. The number of rotatable bonds is 6. The van der Waals surface area contributed by atoms with E-state index in [1.807, 2.05) is 30.3 Å². The molecule has 2 bridgehead atoms. The summed E-state index contributed by atoms with van der Waals surface area (Å²) in [5.41, 5.74) is 2.50. The number of carbonyl (C=O) groups excluding carboxylic acids is 1. The summed E-state index contributed by atoms with van der Waals surface area (Å²) in [5, 5.41) is 3.09. The first-order valence-electron chi connectivity index (χ1n) is 9.51. The lowest BCUT2D eigenvalue weighted by atomic mass is 9.99. The van der Waals surface area contributed by atoms with Gasteiger partial charge in [0.25, 0.3) is 0 Å². The van der Waals surface area contributed by atoms with Gasteiger partial charge >= 0.3 is 0 Å². The molecule has 2 aliphatic heterocycles. The molecular weight excluding hydrogens is 324 g/mol. The maximum Gasteiger partial charge on any atom is 0.226 e. The van der Waals surface area contributed by atoms with Crippen molar-refractivity contribution < 1.29 is 9.53 Å². The van der Waals surface area contributed by atoms with Gasteiger partial charge in [-0.3, -0.25) is 9.69 Å². The summed E-state index contributed by atoms with van der Waals surface area (Å²) in [7, 11) is 0. The molecule has 4 heteroatoms. The summed E-state index contributed by atoms with van der Waals surface area (Å²) in [6.07, 6.45) is 2.11. The molecule has 26 heavy (non-hydrogen) atoms. The minimum atomic E-state index is -0.0227. The Morgan fingerprint density at radius 1 is 1.00 bits per heavy atom. The fourth-order valence-corrected chi connectivity index (χ4v) is 4.04. The van der Waals surface area contributed by atoms with Crippen LogP contribution in [0.3, 0.4) is 0 Å². The highest BCUT2D eigenvalue weighted by atomic mass is 16.5. The molecule has 0 spiro atoms. The van der Waals surface area contributed by atoms with E-state index in [9.17, 15) is 4.79 Å². The molecule has 1 N–H and O–H groups in total. The lowest BCUT2D eigenvalue weighted by molar-refractivity contribution is -0.128. The molecule has 3 atom stereocenters. The van der Waals surface area contributed by atoms with Crippen LogP contribution in [0, 0.1) is 5.92 Å². The predicted octanol–water partition coefficient (Wildman–Crippen LogP) is 2.63. The van der Waals surface area contributed by atoms with E-state index < -0.39 is 0 Å². The Morgan fingerprint density at radius 3 is 2.42 bits per heavy atom. The van der Waals surface area contributed by atoms with Crippen molar-refractivity contribution >= 4 is 5.91 Å². The number of hydrogen-bond donors (Lipinski definition) is 1. The van der Waals surface area contributed by atoms with Gasteiger partial charge in [0.2, 0.25) is 5.91 Å². The standard InChI is InChI=1S/C22H26N2O2/c25-22(23-14-18-9-5-2-6-10-18)20-13-19-15-24(16-21(20)26-19)12-11-17-7-3-1-4-8-17/h1-10,19-21H,11-16H2,(H,23,25)/t19-,20-,21+/m0/s1. The van der Waals surface area contributed by atoms with Crippen molar-refractivity contribution in [1.82, 2.24) is 10.2 Å². The summed E-state index contributed by atoms with van der Waals surface area (Å²) in [6.45, 7) is 3.41. The van der Waals surface area contributed by atoms with Crippen molar-refractivity contribution in [1.29, 1.82) is 0 Å². The lowest BCUT2D eigenvalue weighted by Gasteiger charge is -2.32. The number of amides is 1. The van der Waals surface area contributed by atoms with E-state index in [1.54, 1.807) is 0 Å². The van der Waals surface area contributed by atoms with Crippen LogP contribution < -0.4 is 5.32 Å². The fourth-order valence-electron chi connectivity index (χ4n) is 4.04. The third kappa shape index (κ3) is 4.14. The largest absolute Gasteiger partial charge is 0.371 e. The van der Waals surface area contributed by atoms with Gasteiger partial charge in [0.05, 0.1) is 18.1 Å². The predicted molar refractivity (Wildman–Crippen MR) is 102 cm³/mol. The number of fused-ring (bicyclic) bond motifs is 2. The molecule has 0 unspecified atom stereocenters. The monoisotopic (exact) mass is 350 g/mol. The topological polar surface area (TPSA) is 41.6 Å². The van der Waals surface area contributed by atoms with Gasteiger partial charge in [-0.25, -0.2) is 0 Å². The van der Waals surface area contributed by atoms with Crippen LogP contribution in [-0.2, 0) is 22.5 Å². The van der Waals surface area contributed by atoms with Crippen LogP contribution in [0.15, 0.2) is 60.7 Å². The number of morpholine rings is 1. The quantitative estimate of drug-likeness (QED) is 0.871. The summed E-state index contributed by atoms with van der Waals surface area (Å²) in [5.74, 6) is 0.108. The number of hydrogen-bond acceptors (Lipinski definition) is 3. The van der Waals surface area contributed by atoms with Gasteiger partial charge in [-0.15, -0.1) is 0 Å². The number of benzene rings is 2. The zero-order valence-electron chi connectivity index (χ0n) is 15.0. The molecule has 2 aromatic rings. The molecule has 2 aliphatic rings. The molecule has 2 aromatic carbocycles. The fraction of sp³-hybridized carbons (Fsp3) is 0.409. The van der Waals surface area contributed by atoms with E-state index in [-0.39, 0.29) is 24.0 Å². The number of ether oxygens (including phenoxy) is 1. The van der Waals surface area contributed by atoms with Crippen molar-refractivity contribution in [2.45, 2.75) is 31.6 Å². The average molecular weight is 350 g/mol. The Bertz CT molecular complexity index is 719. The van der Waals surface area contributed by atoms with Crippen molar-refractivity contribution in [3.8, 4) is 0 Å². The third-order valence-corrected chi connectivity index (χ3v) is 5.44. The molecule has 0 radical (unpaired) electrons. The van der Waals surface area contributed by atoms with Crippen molar-refractivity contribution in [2.24, 2.45) is 5.92 Å². The van der Waals surface area contributed by atoms with E-state index in [1.165, 1.54) is 5.56 Å². The number of nitrogens with one attached hydrogen (secondary N) is 1. The number of nitrogens with zero attached hydrogens (tertiary/aromatic N) is 1. The van der Waals surface area contributed by atoms with E-state index in [0.717, 1.165) is 38.0 Å². The number of likely N-dealkylation sites (tertiary alicyclic amines) is 1. The maximum absolute atomic E-state index is 12.6. The van der Waals surface area contributed by atoms with Crippen LogP contribution in [0.4, 0.5) is 0 Å². The van der Waals surface area contributed by atoms with E-state index in [2.05, 4.69) is 40.5 Å². The summed E-state index contributed by atoms with van der Waals surface area (Å²) >= 11 is 0. The van der Waals surface area contributed by atoms with Gasteiger partial charge in [0.1, 0.15) is 0 Å². The Balaban J connectivity index is 1.28. The van der Waals surface area contributed by atoms with Gasteiger partial charge in [-0.1, -0.05) is 60.7 Å². The van der Waals surface area contributed by atoms with Crippen LogP contribution in [0.2, 0.25) is 0 Å². The highest BCUT2D eigenvalue weighted by Crippen LogP contribution is 2.32. The van der Waals surface area contributed by atoms with Gasteiger partial charge in [-0.2, -0.15) is 0 Å². The first-order chi connectivity index (χ1) is 12.8. The molecule has 2 saturated heterocycles. The summed E-state index contributed by atoms with van der Waals surface area (Å²) < 4.78 is 6.06. The molecule has 1 amide bonds. The molecule has 4 nitrogen and oxygen atoms in total. The van der Waals surface area contributed by atoms with Crippen LogP contribution >= 0.6 is 0 Å². The molecule has 0 aliphatic carbocycles. The van der Waals surface area contributed by atoms with Crippen molar-refractivity contribution in [2.75, 3.05) is 19.6 Å². The molecule has 2 fully saturated rings. The first kappa shape index (κ1) is 17.3. The zero-order valence-corrected chi connectivity index (χ0v) is 15.0. The molecule has 2 heterocycles. The van der Waals surface area contributed by atoms with Crippen LogP contribution in [0.5, 0.6) is 0 Å². The lowest BCUT2D eigenvalue weighted by Crippen LogP contribution is -2.46. The molecular formula is C22H26N2O2. The number of carbonyl (C=O) groups is 1. The van der Waals surface area contributed by atoms with Gasteiger partial charge in [0.15, 0.2) is 0 Å². The third-order valence-electron chi connectivity index (χ3n) is 5.44.